The Labute approximate surface area is 127 Å². The highest BCUT2D eigenvalue weighted by Crippen LogP contribution is 2.35. The molecule has 2 heterocycles. The number of hydrogen-bond acceptors (Lipinski definition) is 6. The first-order chi connectivity index (χ1) is 10.8. The van der Waals surface area contributed by atoms with Gasteiger partial charge in [-0.2, -0.15) is 0 Å². The summed E-state index contributed by atoms with van der Waals surface area (Å²) in [6.07, 6.45) is 3.24. The van der Waals surface area contributed by atoms with E-state index in [4.69, 9.17) is 14.2 Å². The highest BCUT2D eigenvalue weighted by atomic mass is 16.5. The summed E-state index contributed by atoms with van der Waals surface area (Å²) in [6, 6.07) is 7.40. The van der Waals surface area contributed by atoms with Crippen LogP contribution in [0.3, 0.4) is 0 Å². The standard InChI is InChI=1S/C16H15N3O3/c1-20-13-6-11-12(7-14(13)21-2)18-9-19-16(11)10-4-5-15(22-3)17-8-10/h4-9H,1-3H3. The van der Waals surface area contributed by atoms with Gasteiger partial charge in [0, 0.05) is 29.3 Å². The minimum atomic E-state index is 0.557. The number of rotatable bonds is 4. The molecule has 22 heavy (non-hydrogen) atoms. The van der Waals surface area contributed by atoms with Crippen molar-refractivity contribution in [3.63, 3.8) is 0 Å². The van der Waals surface area contributed by atoms with E-state index in [1.807, 2.05) is 18.2 Å². The van der Waals surface area contributed by atoms with Gasteiger partial charge in [-0.05, 0) is 12.1 Å². The molecule has 0 unspecified atom stereocenters. The van der Waals surface area contributed by atoms with Gasteiger partial charge in [0.05, 0.1) is 32.5 Å². The molecule has 2 aromatic heterocycles. The summed E-state index contributed by atoms with van der Waals surface area (Å²) in [5.74, 6) is 1.82. The highest BCUT2D eigenvalue weighted by Gasteiger charge is 2.12. The van der Waals surface area contributed by atoms with Gasteiger partial charge in [0.2, 0.25) is 5.88 Å². The molecule has 0 aliphatic heterocycles. The first kappa shape index (κ1) is 14.1. The largest absolute Gasteiger partial charge is 0.493 e. The molecule has 0 radical (unpaired) electrons. The predicted octanol–water partition coefficient (Wildman–Crippen LogP) is 2.72. The second-order valence-electron chi connectivity index (χ2n) is 4.54. The van der Waals surface area contributed by atoms with E-state index in [0.29, 0.717) is 17.4 Å². The van der Waals surface area contributed by atoms with Gasteiger partial charge in [-0.1, -0.05) is 0 Å². The van der Waals surface area contributed by atoms with Crippen molar-refractivity contribution in [1.82, 2.24) is 15.0 Å². The van der Waals surface area contributed by atoms with Gasteiger partial charge in [-0.15, -0.1) is 0 Å². The summed E-state index contributed by atoms with van der Waals surface area (Å²) in [7, 11) is 4.78. The second kappa shape index (κ2) is 5.85. The fourth-order valence-electron chi connectivity index (χ4n) is 2.25. The smallest absolute Gasteiger partial charge is 0.212 e. The first-order valence-electron chi connectivity index (χ1n) is 6.64. The molecule has 0 saturated carbocycles. The summed E-state index contributed by atoms with van der Waals surface area (Å²) in [5, 5.41) is 0.868. The maximum atomic E-state index is 5.36. The minimum Gasteiger partial charge on any atom is -0.493 e. The number of methoxy groups -OCH3 is 3. The molecule has 0 bridgehead atoms. The number of fused-ring (bicyclic) bond motifs is 1. The van der Waals surface area contributed by atoms with Crippen LogP contribution in [0.25, 0.3) is 22.2 Å². The topological polar surface area (TPSA) is 66.4 Å². The summed E-state index contributed by atoms with van der Waals surface area (Å²) in [4.78, 5) is 12.9. The summed E-state index contributed by atoms with van der Waals surface area (Å²) in [5.41, 5.74) is 2.43. The van der Waals surface area contributed by atoms with Crippen LogP contribution in [-0.2, 0) is 0 Å². The van der Waals surface area contributed by atoms with Crippen LogP contribution in [0.2, 0.25) is 0 Å². The molecule has 0 spiro atoms. The van der Waals surface area contributed by atoms with Crippen molar-refractivity contribution in [2.75, 3.05) is 21.3 Å². The van der Waals surface area contributed by atoms with Gasteiger partial charge in [-0.25, -0.2) is 15.0 Å². The third kappa shape index (κ3) is 2.39. The molecule has 0 aliphatic carbocycles. The molecule has 0 aliphatic rings. The van der Waals surface area contributed by atoms with E-state index in [2.05, 4.69) is 15.0 Å². The van der Waals surface area contributed by atoms with E-state index in [-0.39, 0.29) is 0 Å². The molecule has 0 saturated heterocycles. The Morgan fingerprint density at radius 3 is 2.23 bits per heavy atom. The maximum absolute atomic E-state index is 5.36. The third-order valence-electron chi connectivity index (χ3n) is 3.36. The van der Waals surface area contributed by atoms with E-state index >= 15 is 0 Å². The lowest BCUT2D eigenvalue weighted by atomic mass is 10.1. The molecule has 3 aromatic rings. The summed E-state index contributed by atoms with van der Waals surface area (Å²) >= 11 is 0. The lowest BCUT2D eigenvalue weighted by molar-refractivity contribution is 0.356. The summed E-state index contributed by atoms with van der Waals surface area (Å²) in [6.45, 7) is 0. The molecular weight excluding hydrogens is 282 g/mol. The van der Waals surface area contributed by atoms with Gasteiger partial charge in [0.15, 0.2) is 11.5 Å². The van der Waals surface area contributed by atoms with Crippen LogP contribution in [0.15, 0.2) is 36.8 Å². The number of nitrogens with zero attached hydrogens (tertiary/aromatic N) is 3. The Kier molecular flexibility index (Phi) is 3.74. The van der Waals surface area contributed by atoms with Gasteiger partial charge in [-0.3, -0.25) is 0 Å². The van der Waals surface area contributed by atoms with Gasteiger partial charge in [0.25, 0.3) is 0 Å². The number of ether oxygens (including phenoxy) is 3. The molecule has 0 amide bonds. The van der Waals surface area contributed by atoms with Crippen LogP contribution < -0.4 is 14.2 Å². The van der Waals surface area contributed by atoms with Crippen molar-refractivity contribution < 1.29 is 14.2 Å². The van der Waals surface area contributed by atoms with E-state index in [1.165, 1.54) is 6.33 Å². The SMILES string of the molecule is COc1ccc(-c2ncnc3cc(OC)c(OC)cc23)cn1. The number of hydrogen-bond donors (Lipinski definition) is 0. The van der Waals surface area contributed by atoms with Crippen LogP contribution in [0, 0.1) is 0 Å². The predicted molar refractivity (Wildman–Crippen MR) is 82.4 cm³/mol. The van der Waals surface area contributed by atoms with Gasteiger partial charge < -0.3 is 14.2 Å². The Morgan fingerprint density at radius 1 is 0.818 bits per heavy atom. The molecule has 112 valence electrons. The summed E-state index contributed by atoms with van der Waals surface area (Å²) < 4.78 is 15.7. The van der Waals surface area contributed by atoms with E-state index in [0.717, 1.165) is 22.2 Å². The minimum absolute atomic E-state index is 0.557. The number of benzene rings is 1. The lowest BCUT2D eigenvalue weighted by Gasteiger charge is -2.11. The van der Waals surface area contributed by atoms with Crippen molar-refractivity contribution in [2.45, 2.75) is 0 Å². The zero-order valence-corrected chi connectivity index (χ0v) is 12.5. The lowest BCUT2D eigenvalue weighted by Crippen LogP contribution is -1.95. The molecule has 6 heteroatoms. The fourth-order valence-corrected chi connectivity index (χ4v) is 2.25. The van der Waals surface area contributed by atoms with Gasteiger partial charge in [0.1, 0.15) is 6.33 Å². The number of pyridine rings is 1. The molecule has 1 aromatic carbocycles. The van der Waals surface area contributed by atoms with Crippen molar-refractivity contribution in [2.24, 2.45) is 0 Å². The van der Waals surface area contributed by atoms with Crippen LogP contribution in [-0.4, -0.2) is 36.3 Å². The number of aromatic nitrogens is 3. The molecule has 0 atom stereocenters. The van der Waals surface area contributed by atoms with Crippen LogP contribution in [0.4, 0.5) is 0 Å². The zero-order valence-electron chi connectivity index (χ0n) is 12.5. The van der Waals surface area contributed by atoms with Crippen molar-refractivity contribution in [3.8, 4) is 28.6 Å². The Bertz CT molecular complexity index is 804. The van der Waals surface area contributed by atoms with Crippen LogP contribution >= 0.6 is 0 Å². The average Bonchev–Trinajstić information content (AvgIpc) is 2.60. The molecule has 3 rings (SSSR count). The van der Waals surface area contributed by atoms with Crippen LogP contribution in [0.5, 0.6) is 17.4 Å². The molecular formula is C16H15N3O3. The van der Waals surface area contributed by atoms with Crippen LogP contribution in [0.1, 0.15) is 0 Å². The Balaban J connectivity index is 2.20. The average molecular weight is 297 g/mol. The third-order valence-corrected chi connectivity index (χ3v) is 3.36. The van der Waals surface area contributed by atoms with E-state index < -0.39 is 0 Å². The Hall–Kier alpha value is -2.89. The normalized spacial score (nSPS) is 10.5. The van der Waals surface area contributed by atoms with Gasteiger partial charge >= 0.3 is 0 Å². The zero-order chi connectivity index (χ0) is 15.5. The molecule has 0 fully saturated rings. The van der Waals surface area contributed by atoms with E-state index in [9.17, 15) is 0 Å². The second-order valence-corrected chi connectivity index (χ2v) is 4.54. The maximum Gasteiger partial charge on any atom is 0.212 e. The molecule has 6 nitrogen and oxygen atoms in total. The van der Waals surface area contributed by atoms with Crippen molar-refractivity contribution in [3.05, 3.63) is 36.8 Å². The van der Waals surface area contributed by atoms with Crippen molar-refractivity contribution >= 4 is 10.9 Å². The monoisotopic (exact) mass is 297 g/mol. The highest BCUT2D eigenvalue weighted by molar-refractivity contribution is 5.94. The fraction of sp³-hybridized carbons (Fsp3) is 0.188. The Morgan fingerprint density at radius 2 is 1.59 bits per heavy atom. The van der Waals surface area contributed by atoms with E-state index in [1.54, 1.807) is 33.6 Å². The van der Waals surface area contributed by atoms with Crippen molar-refractivity contribution in [1.29, 1.82) is 0 Å². The molecule has 0 N–H and O–H groups in total. The quantitative estimate of drug-likeness (QED) is 0.737. The first-order valence-corrected chi connectivity index (χ1v) is 6.64.